The summed E-state index contributed by atoms with van der Waals surface area (Å²) in [5, 5.41) is 10.9. The standard InChI is InChI=1S/C41H46N8O6/c1-55-36-21-34-27(19-32(36)38(51)42-33-3-2-14-47(41(33)54)28-10-11-28)24-49(44-34)29-7-4-25(5-8-29)22-45-15-17-46(18-16-45)30-9-6-26-23-48(40(53)31(26)20-30)35-12-13-37(50)43-39(35)52/h2-3,6,9,14,19-21,24-25,28-29,35H,4-5,7-8,10-13,15-18,22-23H2,1H3,(H,42,51)(H,43,50,52). The van der Waals surface area contributed by atoms with Crippen molar-refractivity contribution in [1.82, 2.24) is 29.5 Å². The fourth-order valence-corrected chi connectivity index (χ4v) is 8.93. The molecule has 1 unspecified atom stereocenters. The number of aromatic nitrogens is 3. The lowest BCUT2D eigenvalue weighted by molar-refractivity contribution is -0.136. The van der Waals surface area contributed by atoms with Crippen LogP contribution in [0.2, 0.25) is 0 Å². The zero-order valence-electron chi connectivity index (χ0n) is 31.0. The fourth-order valence-electron chi connectivity index (χ4n) is 8.93. The summed E-state index contributed by atoms with van der Waals surface area (Å²) < 4.78 is 9.35. The van der Waals surface area contributed by atoms with E-state index in [-0.39, 0.29) is 53.4 Å². The minimum absolute atomic E-state index is 0.138. The number of imide groups is 1. The molecule has 1 atom stereocenters. The van der Waals surface area contributed by atoms with Gasteiger partial charge in [0.1, 0.15) is 17.5 Å². The molecular formula is C41H46N8O6. The minimum atomic E-state index is -0.605. The van der Waals surface area contributed by atoms with Gasteiger partial charge in [0.2, 0.25) is 11.8 Å². The summed E-state index contributed by atoms with van der Waals surface area (Å²) in [5.41, 5.74) is 3.80. The van der Waals surface area contributed by atoms with Crippen LogP contribution in [0, 0.1) is 5.92 Å². The summed E-state index contributed by atoms with van der Waals surface area (Å²) in [5.74, 6) is -0.169. The van der Waals surface area contributed by atoms with Crippen molar-refractivity contribution in [3.05, 3.63) is 81.9 Å². The number of methoxy groups -OCH3 is 1. The van der Waals surface area contributed by atoms with Crippen molar-refractivity contribution in [2.45, 2.75) is 76.0 Å². The molecule has 286 valence electrons. The average Bonchev–Trinajstić information content (AvgIpc) is 3.87. The molecule has 2 saturated heterocycles. The number of hydrogen-bond acceptors (Lipinski definition) is 9. The zero-order chi connectivity index (χ0) is 37.8. The van der Waals surface area contributed by atoms with Gasteiger partial charge in [-0.3, -0.25) is 38.9 Å². The number of amides is 4. The van der Waals surface area contributed by atoms with E-state index in [9.17, 15) is 24.0 Å². The molecule has 4 aromatic rings. The summed E-state index contributed by atoms with van der Waals surface area (Å²) in [4.78, 5) is 70.3. The number of rotatable bonds is 9. The van der Waals surface area contributed by atoms with Gasteiger partial charge in [0.25, 0.3) is 17.4 Å². The number of carbonyl (C=O) groups is 4. The monoisotopic (exact) mass is 746 g/mol. The van der Waals surface area contributed by atoms with E-state index < -0.39 is 6.04 Å². The van der Waals surface area contributed by atoms with Gasteiger partial charge < -0.3 is 24.4 Å². The fraction of sp³-hybridized carbons (Fsp3) is 0.463. The number of anilines is 2. The van der Waals surface area contributed by atoms with Crippen LogP contribution in [-0.4, -0.2) is 93.7 Å². The Labute approximate surface area is 318 Å². The Morgan fingerprint density at radius 1 is 0.927 bits per heavy atom. The largest absolute Gasteiger partial charge is 0.496 e. The van der Waals surface area contributed by atoms with Crippen LogP contribution >= 0.6 is 0 Å². The Morgan fingerprint density at radius 3 is 2.45 bits per heavy atom. The third kappa shape index (κ3) is 6.88. The van der Waals surface area contributed by atoms with Gasteiger partial charge >= 0.3 is 0 Å². The molecule has 14 nitrogen and oxygen atoms in total. The highest BCUT2D eigenvalue weighted by molar-refractivity contribution is 6.08. The predicted octanol–water partition coefficient (Wildman–Crippen LogP) is 4.11. The van der Waals surface area contributed by atoms with Crippen LogP contribution < -0.4 is 25.8 Å². The third-order valence-corrected chi connectivity index (χ3v) is 12.2. The molecule has 5 heterocycles. The molecule has 0 radical (unpaired) electrons. The Morgan fingerprint density at radius 2 is 1.71 bits per heavy atom. The first-order valence-corrected chi connectivity index (χ1v) is 19.6. The Balaban J connectivity index is 0.779. The number of nitrogens with zero attached hydrogens (tertiary/aromatic N) is 6. The van der Waals surface area contributed by atoms with Crippen LogP contribution in [0.5, 0.6) is 5.75 Å². The number of piperidine rings is 1. The molecule has 0 spiro atoms. The van der Waals surface area contributed by atoms with E-state index in [1.54, 1.807) is 39.9 Å². The van der Waals surface area contributed by atoms with Gasteiger partial charge in [0.05, 0.1) is 24.2 Å². The summed E-state index contributed by atoms with van der Waals surface area (Å²) in [6, 6.07) is 13.0. The number of fused-ring (bicyclic) bond motifs is 2. The maximum Gasteiger partial charge on any atom is 0.274 e. The molecule has 2 aliphatic carbocycles. The number of piperazine rings is 1. The highest BCUT2D eigenvalue weighted by Gasteiger charge is 2.39. The summed E-state index contributed by atoms with van der Waals surface area (Å²) in [7, 11) is 1.54. The van der Waals surface area contributed by atoms with Gasteiger partial charge in [0, 0.05) is 86.8 Å². The number of carbonyl (C=O) groups excluding carboxylic acids is 4. The van der Waals surface area contributed by atoms with Crippen LogP contribution in [0.15, 0.2) is 59.7 Å². The van der Waals surface area contributed by atoms with Gasteiger partial charge in [-0.25, -0.2) is 0 Å². The summed E-state index contributed by atoms with van der Waals surface area (Å²) in [6.07, 6.45) is 10.7. The predicted molar refractivity (Wildman–Crippen MR) is 205 cm³/mol. The van der Waals surface area contributed by atoms with Gasteiger partial charge in [0.15, 0.2) is 0 Å². The molecule has 0 bridgehead atoms. The van der Waals surface area contributed by atoms with Gasteiger partial charge in [-0.2, -0.15) is 5.10 Å². The van der Waals surface area contributed by atoms with Gasteiger partial charge in [-0.15, -0.1) is 0 Å². The number of pyridine rings is 1. The Kier molecular flexibility index (Phi) is 9.15. The van der Waals surface area contributed by atoms with Crippen LogP contribution in [0.25, 0.3) is 10.9 Å². The van der Waals surface area contributed by atoms with Crippen molar-refractivity contribution < 1.29 is 23.9 Å². The number of hydrogen-bond donors (Lipinski definition) is 2. The highest BCUT2D eigenvalue weighted by atomic mass is 16.5. The van der Waals surface area contributed by atoms with Gasteiger partial charge in [-0.05, 0) is 86.8 Å². The van der Waals surface area contributed by atoms with Crippen LogP contribution in [0.3, 0.4) is 0 Å². The van der Waals surface area contributed by atoms with E-state index in [2.05, 4.69) is 31.2 Å². The summed E-state index contributed by atoms with van der Waals surface area (Å²) in [6.45, 7) is 5.13. The van der Waals surface area contributed by atoms with E-state index in [1.807, 2.05) is 18.3 Å². The van der Waals surface area contributed by atoms with Crippen molar-refractivity contribution in [1.29, 1.82) is 0 Å². The van der Waals surface area contributed by atoms with Crippen molar-refractivity contribution in [3.8, 4) is 5.75 Å². The van der Waals surface area contributed by atoms with E-state index in [4.69, 9.17) is 9.84 Å². The van der Waals surface area contributed by atoms with Crippen molar-refractivity contribution in [2.75, 3.05) is 50.1 Å². The molecular weight excluding hydrogens is 701 g/mol. The van der Waals surface area contributed by atoms with E-state index in [1.165, 1.54) is 7.11 Å². The van der Waals surface area contributed by atoms with Crippen LogP contribution in [0.4, 0.5) is 11.4 Å². The first-order valence-electron chi connectivity index (χ1n) is 19.6. The molecule has 3 aliphatic heterocycles. The van der Waals surface area contributed by atoms with E-state index in [0.717, 1.165) is 93.4 Å². The lowest BCUT2D eigenvalue weighted by Crippen LogP contribution is -2.52. The molecule has 5 aliphatic rings. The highest BCUT2D eigenvalue weighted by Crippen LogP contribution is 2.36. The molecule has 55 heavy (non-hydrogen) atoms. The topological polar surface area (TPSA) is 151 Å². The Bertz CT molecular complexity index is 2240. The Hall–Kier alpha value is -5.50. The lowest BCUT2D eigenvalue weighted by Gasteiger charge is -2.39. The third-order valence-electron chi connectivity index (χ3n) is 12.2. The maximum atomic E-state index is 13.4. The second kappa shape index (κ2) is 14.3. The zero-order valence-corrected chi connectivity index (χ0v) is 31.0. The molecule has 2 aromatic carbocycles. The van der Waals surface area contributed by atoms with Crippen LogP contribution in [0.1, 0.15) is 89.7 Å². The number of ether oxygens (including phenoxy) is 1. The smallest absolute Gasteiger partial charge is 0.274 e. The summed E-state index contributed by atoms with van der Waals surface area (Å²) >= 11 is 0. The molecule has 4 amide bonds. The van der Waals surface area contributed by atoms with Crippen molar-refractivity contribution >= 4 is 45.9 Å². The van der Waals surface area contributed by atoms with E-state index in [0.29, 0.717) is 35.8 Å². The number of nitrogens with one attached hydrogen (secondary N) is 2. The quantitative estimate of drug-likeness (QED) is 0.241. The molecule has 14 heteroatoms. The number of benzene rings is 2. The average molecular weight is 747 g/mol. The first-order chi connectivity index (χ1) is 26.7. The molecule has 2 saturated carbocycles. The molecule has 4 fully saturated rings. The SMILES string of the molecule is COc1cc2nn(C3CCC(CN4CCN(c5ccc6c(c5)C(=O)N(C5CCC(=O)NC5=O)C6)CC4)CC3)cc2cc1C(=O)Nc1cccn(C2CC2)c1=O. The second-order valence-electron chi connectivity index (χ2n) is 15.7. The lowest BCUT2D eigenvalue weighted by atomic mass is 9.85. The van der Waals surface area contributed by atoms with Crippen LogP contribution in [-0.2, 0) is 16.1 Å². The second-order valence-corrected chi connectivity index (χ2v) is 15.7. The first kappa shape index (κ1) is 35.2. The molecule has 9 rings (SSSR count). The normalized spacial score (nSPS) is 23.2. The minimum Gasteiger partial charge on any atom is -0.496 e. The van der Waals surface area contributed by atoms with Gasteiger partial charge in [-0.1, -0.05) is 6.07 Å². The van der Waals surface area contributed by atoms with E-state index >= 15 is 0 Å². The molecule has 2 N–H and O–H groups in total. The molecule has 2 aromatic heterocycles. The maximum absolute atomic E-state index is 13.4. The van der Waals surface area contributed by atoms with Crippen molar-refractivity contribution in [3.63, 3.8) is 0 Å². The van der Waals surface area contributed by atoms with Crippen molar-refractivity contribution in [2.24, 2.45) is 5.92 Å².